The second kappa shape index (κ2) is 8.35. The number of nitrogens with one attached hydrogen (secondary N) is 3. The molecule has 2 aromatic carbocycles. The second-order valence-corrected chi connectivity index (χ2v) is 6.96. The average molecular weight is 421 g/mol. The first kappa shape index (κ1) is 20.2. The molecular formula is C23H20FN3O4. The number of carbonyl (C=O) groups excluding carboxylic acids is 2. The standard InChI is InChI=1S/C23H20FN3O4/c1-13-20(22(28)26-16-7-9-17(30-2)10-8-16)21(27-23(29)25-13)19-12-11-18(31-19)14-3-5-15(24)6-4-14/h3-12,21H,1-2H3,(H,26,28)(H2,25,27,29)/t21-/m0/s1. The molecule has 1 aliphatic heterocycles. The van der Waals surface area contributed by atoms with Crippen LogP contribution in [0.25, 0.3) is 11.3 Å². The Kier molecular flexibility index (Phi) is 5.44. The maximum absolute atomic E-state index is 13.2. The molecule has 0 spiro atoms. The summed E-state index contributed by atoms with van der Waals surface area (Å²) in [4.78, 5) is 25.1. The van der Waals surface area contributed by atoms with E-state index in [2.05, 4.69) is 16.0 Å². The molecule has 0 fully saturated rings. The Balaban J connectivity index is 1.62. The van der Waals surface area contributed by atoms with Crippen molar-refractivity contribution in [2.45, 2.75) is 13.0 Å². The Morgan fingerprint density at radius 3 is 2.45 bits per heavy atom. The first-order chi connectivity index (χ1) is 14.9. The van der Waals surface area contributed by atoms with Crippen LogP contribution in [0.4, 0.5) is 14.9 Å². The summed E-state index contributed by atoms with van der Waals surface area (Å²) in [5.41, 5.74) is 1.99. The third-order valence-corrected chi connectivity index (χ3v) is 4.90. The second-order valence-electron chi connectivity index (χ2n) is 6.96. The molecule has 0 bridgehead atoms. The molecule has 0 radical (unpaired) electrons. The van der Waals surface area contributed by atoms with Crippen LogP contribution in [0.3, 0.4) is 0 Å². The van der Waals surface area contributed by atoms with Crippen molar-refractivity contribution in [2.24, 2.45) is 0 Å². The van der Waals surface area contributed by atoms with Crippen LogP contribution in [0.1, 0.15) is 18.7 Å². The maximum Gasteiger partial charge on any atom is 0.319 e. The maximum atomic E-state index is 13.2. The van der Waals surface area contributed by atoms with Crippen molar-refractivity contribution < 1.29 is 23.1 Å². The molecule has 1 aromatic heterocycles. The van der Waals surface area contributed by atoms with E-state index < -0.39 is 12.1 Å². The number of allylic oxidation sites excluding steroid dienone is 1. The van der Waals surface area contributed by atoms with Crippen molar-refractivity contribution in [1.82, 2.24) is 10.6 Å². The number of ether oxygens (including phenoxy) is 1. The number of hydrogen-bond donors (Lipinski definition) is 3. The minimum Gasteiger partial charge on any atom is -0.497 e. The van der Waals surface area contributed by atoms with Crippen molar-refractivity contribution in [2.75, 3.05) is 12.4 Å². The van der Waals surface area contributed by atoms with E-state index in [-0.39, 0.29) is 11.7 Å². The van der Waals surface area contributed by atoms with Crippen LogP contribution in [-0.2, 0) is 4.79 Å². The number of hydrogen-bond acceptors (Lipinski definition) is 4. The zero-order valence-electron chi connectivity index (χ0n) is 16.9. The van der Waals surface area contributed by atoms with Gasteiger partial charge in [-0.15, -0.1) is 0 Å². The first-order valence-electron chi connectivity index (χ1n) is 9.54. The summed E-state index contributed by atoms with van der Waals surface area (Å²) in [6.07, 6.45) is 0. The summed E-state index contributed by atoms with van der Waals surface area (Å²) in [6.45, 7) is 1.65. The molecule has 3 N–H and O–H groups in total. The summed E-state index contributed by atoms with van der Waals surface area (Å²) < 4.78 is 24.2. The van der Waals surface area contributed by atoms with E-state index in [1.807, 2.05) is 0 Å². The SMILES string of the molecule is COc1ccc(NC(=O)C2=C(C)NC(=O)N[C@H]2c2ccc(-c3ccc(F)cc3)o2)cc1. The molecule has 0 aliphatic carbocycles. The summed E-state index contributed by atoms with van der Waals surface area (Å²) in [7, 11) is 1.56. The topological polar surface area (TPSA) is 92.6 Å². The predicted octanol–water partition coefficient (Wildman–Crippen LogP) is 4.36. The van der Waals surface area contributed by atoms with Gasteiger partial charge < -0.3 is 25.1 Å². The lowest BCUT2D eigenvalue weighted by molar-refractivity contribution is -0.113. The number of benzene rings is 2. The highest BCUT2D eigenvalue weighted by Crippen LogP contribution is 2.32. The van der Waals surface area contributed by atoms with Gasteiger partial charge in [-0.25, -0.2) is 9.18 Å². The number of carbonyl (C=O) groups is 2. The number of anilines is 1. The number of methoxy groups -OCH3 is 1. The highest BCUT2D eigenvalue weighted by molar-refractivity contribution is 6.06. The summed E-state index contributed by atoms with van der Waals surface area (Å²) in [5.74, 6) is 0.808. The molecule has 2 heterocycles. The molecule has 0 saturated carbocycles. The molecule has 3 amide bonds. The minimum atomic E-state index is -0.791. The largest absolute Gasteiger partial charge is 0.497 e. The molecule has 7 nitrogen and oxygen atoms in total. The summed E-state index contributed by atoms with van der Waals surface area (Å²) in [6, 6.07) is 14.9. The van der Waals surface area contributed by atoms with Crippen molar-refractivity contribution in [3.8, 4) is 17.1 Å². The van der Waals surface area contributed by atoms with Crippen LogP contribution in [0, 0.1) is 5.82 Å². The quantitative estimate of drug-likeness (QED) is 0.571. The van der Waals surface area contributed by atoms with E-state index in [1.54, 1.807) is 62.6 Å². The Morgan fingerprint density at radius 2 is 1.77 bits per heavy atom. The lowest BCUT2D eigenvalue weighted by Gasteiger charge is -2.27. The van der Waals surface area contributed by atoms with Gasteiger partial charge >= 0.3 is 6.03 Å². The van der Waals surface area contributed by atoms with Crippen molar-refractivity contribution in [1.29, 1.82) is 0 Å². The Labute approximate surface area is 177 Å². The van der Waals surface area contributed by atoms with Crippen LogP contribution < -0.4 is 20.7 Å². The van der Waals surface area contributed by atoms with E-state index in [1.165, 1.54) is 12.1 Å². The Morgan fingerprint density at radius 1 is 1.06 bits per heavy atom. The first-order valence-corrected chi connectivity index (χ1v) is 9.54. The number of amides is 3. The third kappa shape index (κ3) is 4.28. The third-order valence-electron chi connectivity index (χ3n) is 4.90. The fourth-order valence-corrected chi connectivity index (χ4v) is 3.36. The lowest BCUT2D eigenvalue weighted by Crippen LogP contribution is -2.45. The molecule has 3 aromatic rings. The fraction of sp³-hybridized carbons (Fsp3) is 0.130. The molecule has 1 atom stereocenters. The molecule has 158 valence electrons. The number of halogens is 1. The molecule has 31 heavy (non-hydrogen) atoms. The normalized spacial score (nSPS) is 15.8. The number of rotatable bonds is 5. The van der Waals surface area contributed by atoms with Crippen LogP contribution in [0.15, 0.2) is 76.4 Å². The highest BCUT2D eigenvalue weighted by Gasteiger charge is 2.33. The van der Waals surface area contributed by atoms with Crippen molar-refractivity contribution >= 4 is 17.6 Å². The Bertz CT molecular complexity index is 1150. The average Bonchev–Trinajstić information content (AvgIpc) is 3.24. The zero-order valence-corrected chi connectivity index (χ0v) is 16.9. The molecule has 0 unspecified atom stereocenters. The van der Waals surface area contributed by atoms with Crippen molar-refractivity contribution in [3.05, 3.63) is 83.5 Å². The molecule has 1 aliphatic rings. The zero-order chi connectivity index (χ0) is 22.0. The van der Waals surface area contributed by atoms with Gasteiger partial charge in [0.2, 0.25) is 0 Å². The van der Waals surface area contributed by atoms with Crippen molar-refractivity contribution in [3.63, 3.8) is 0 Å². The van der Waals surface area contributed by atoms with Gasteiger partial charge in [-0.05, 0) is 67.6 Å². The molecule has 8 heteroatoms. The van der Waals surface area contributed by atoms with Gasteiger partial charge in [-0.1, -0.05) is 0 Å². The molecular weight excluding hydrogens is 401 g/mol. The summed E-state index contributed by atoms with van der Waals surface area (Å²) >= 11 is 0. The van der Waals surface area contributed by atoms with Gasteiger partial charge in [0.05, 0.1) is 12.7 Å². The fourth-order valence-electron chi connectivity index (χ4n) is 3.36. The number of furan rings is 1. The lowest BCUT2D eigenvalue weighted by atomic mass is 9.99. The monoisotopic (exact) mass is 421 g/mol. The van der Waals surface area contributed by atoms with Gasteiger partial charge in [0.15, 0.2) is 0 Å². The van der Waals surface area contributed by atoms with E-state index in [4.69, 9.17) is 9.15 Å². The van der Waals surface area contributed by atoms with Gasteiger partial charge in [0.25, 0.3) is 5.91 Å². The highest BCUT2D eigenvalue weighted by atomic mass is 19.1. The predicted molar refractivity (Wildman–Crippen MR) is 113 cm³/mol. The molecule has 4 rings (SSSR count). The van der Waals surface area contributed by atoms with E-state index in [9.17, 15) is 14.0 Å². The molecule has 0 saturated heterocycles. The van der Waals surface area contributed by atoms with Crippen LogP contribution in [0.5, 0.6) is 5.75 Å². The van der Waals surface area contributed by atoms with Crippen LogP contribution >= 0.6 is 0 Å². The van der Waals surface area contributed by atoms with E-state index in [0.717, 1.165) is 0 Å². The van der Waals surface area contributed by atoms with Crippen LogP contribution in [0.2, 0.25) is 0 Å². The minimum absolute atomic E-state index is 0.315. The van der Waals surface area contributed by atoms with Gasteiger partial charge in [0, 0.05) is 16.9 Å². The summed E-state index contributed by atoms with van der Waals surface area (Å²) in [5, 5.41) is 8.18. The number of urea groups is 1. The van der Waals surface area contributed by atoms with Crippen LogP contribution in [-0.4, -0.2) is 19.0 Å². The van der Waals surface area contributed by atoms with Gasteiger partial charge in [0.1, 0.15) is 29.1 Å². The Hall–Kier alpha value is -4.07. The van der Waals surface area contributed by atoms with Gasteiger partial charge in [-0.3, -0.25) is 4.79 Å². The van der Waals surface area contributed by atoms with E-state index >= 15 is 0 Å². The van der Waals surface area contributed by atoms with Gasteiger partial charge in [-0.2, -0.15) is 0 Å². The smallest absolute Gasteiger partial charge is 0.319 e. The van der Waals surface area contributed by atoms with E-state index in [0.29, 0.717) is 39.8 Å².